The van der Waals surface area contributed by atoms with E-state index < -0.39 is 5.91 Å². The highest BCUT2D eigenvalue weighted by molar-refractivity contribution is 5.96. The number of imidazole rings is 1. The van der Waals surface area contributed by atoms with Crippen LogP contribution in [0.1, 0.15) is 55.2 Å². The summed E-state index contributed by atoms with van der Waals surface area (Å²) in [5.74, 6) is 0.678. The molecule has 1 heterocycles. The van der Waals surface area contributed by atoms with Gasteiger partial charge in [-0.2, -0.15) is 0 Å². The van der Waals surface area contributed by atoms with Gasteiger partial charge in [0.2, 0.25) is 5.91 Å². The summed E-state index contributed by atoms with van der Waals surface area (Å²) in [4.78, 5) is 15.8. The lowest BCUT2D eigenvalue weighted by molar-refractivity contribution is 0.100. The van der Waals surface area contributed by atoms with E-state index in [1.165, 1.54) is 32.1 Å². The number of benzene rings is 1. The number of aryl methyl sites for hydroxylation is 2. The molecule has 2 rings (SSSR count). The van der Waals surface area contributed by atoms with E-state index in [4.69, 9.17) is 5.73 Å². The van der Waals surface area contributed by atoms with E-state index in [1.807, 2.05) is 13.1 Å². The Hall–Kier alpha value is -1.84. The van der Waals surface area contributed by atoms with Crippen LogP contribution in [0.15, 0.2) is 18.2 Å². The Morgan fingerprint density at radius 1 is 1.25 bits per heavy atom. The molecule has 20 heavy (non-hydrogen) atoms. The van der Waals surface area contributed by atoms with E-state index in [1.54, 1.807) is 12.1 Å². The van der Waals surface area contributed by atoms with Crippen LogP contribution in [0.3, 0.4) is 0 Å². The van der Waals surface area contributed by atoms with Gasteiger partial charge in [0, 0.05) is 19.0 Å². The largest absolute Gasteiger partial charge is 0.366 e. The topological polar surface area (TPSA) is 60.9 Å². The molecule has 2 aromatic rings. The first-order chi connectivity index (χ1) is 9.63. The highest BCUT2D eigenvalue weighted by Gasteiger charge is 2.09. The zero-order valence-corrected chi connectivity index (χ0v) is 12.4. The second-order valence-electron chi connectivity index (χ2n) is 5.32. The SMILES string of the molecule is CCCCCCCc1nc2cc(C(N)=O)ccc2n1C. The summed E-state index contributed by atoms with van der Waals surface area (Å²) in [6, 6.07) is 5.46. The van der Waals surface area contributed by atoms with Crippen LogP contribution < -0.4 is 5.73 Å². The smallest absolute Gasteiger partial charge is 0.248 e. The molecule has 2 N–H and O–H groups in total. The van der Waals surface area contributed by atoms with Crippen LogP contribution in [-0.2, 0) is 13.5 Å². The van der Waals surface area contributed by atoms with Gasteiger partial charge in [-0.25, -0.2) is 4.98 Å². The fraction of sp³-hybridized carbons (Fsp3) is 0.500. The molecule has 4 heteroatoms. The minimum absolute atomic E-state index is 0.404. The summed E-state index contributed by atoms with van der Waals surface area (Å²) >= 11 is 0. The molecule has 1 amide bonds. The molecule has 1 aromatic carbocycles. The zero-order valence-electron chi connectivity index (χ0n) is 12.4. The third-order valence-electron chi connectivity index (χ3n) is 3.76. The molecule has 0 bridgehead atoms. The highest BCUT2D eigenvalue weighted by atomic mass is 16.1. The molecule has 1 aromatic heterocycles. The average molecular weight is 273 g/mol. The monoisotopic (exact) mass is 273 g/mol. The van der Waals surface area contributed by atoms with Gasteiger partial charge in [-0.1, -0.05) is 32.6 Å². The summed E-state index contributed by atoms with van der Waals surface area (Å²) in [5, 5.41) is 0. The Labute approximate surface area is 120 Å². The van der Waals surface area contributed by atoms with E-state index in [2.05, 4.69) is 16.5 Å². The number of carbonyl (C=O) groups is 1. The summed E-state index contributed by atoms with van der Waals surface area (Å²) < 4.78 is 2.11. The van der Waals surface area contributed by atoms with Gasteiger partial charge < -0.3 is 10.3 Å². The lowest BCUT2D eigenvalue weighted by atomic mass is 10.1. The number of hydrogen-bond donors (Lipinski definition) is 1. The summed E-state index contributed by atoms with van der Waals surface area (Å²) in [5.41, 5.74) is 7.73. The fourth-order valence-corrected chi connectivity index (χ4v) is 2.51. The standard InChI is InChI=1S/C16H23N3O/c1-3-4-5-6-7-8-15-18-13-11-12(16(17)20)9-10-14(13)19(15)2/h9-11H,3-8H2,1-2H3,(H2,17,20). The minimum atomic E-state index is -0.404. The molecule has 0 radical (unpaired) electrons. The van der Waals surface area contributed by atoms with Crippen molar-refractivity contribution in [2.24, 2.45) is 12.8 Å². The van der Waals surface area contributed by atoms with Gasteiger partial charge in [0.15, 0.2) is 0 Å². The van der Waals surface area contributed by atoms with Crippen molar-refractivity contribution in [2.45, 2.75) is 45.4 Å². The van der Waals surface area contributed by atoms with E-state index in [0.29, 0.717) is 5.56 Å². The first-order valence-electron chi connectivity index (χ1n) is 7.38. The number of unbranched alkanes of at least 4 members (excludes halogenated alkanes) is 4. The van der Waals surface area contributed by atoms with Crippen LogP contribution in [-0.4, -0.2) is 15.5 Å². The van der Waals surface area contributed by atoms with Crippen molar-refractivity contribution in [3.8, 4) is 0 Å². The molecule has 108 valence electrons. The molecular formula is C16H23N3O. The van der Waals surface area contributed by atoms with Crippen molar-refractivity contribution < 1.29 is 4.79 Å². The Morgan fingerprint density at radius 2 is 2.00 bits per heavy atom. The third-order valence-corrected chi connectivity index (χ3v) is 3.76. The number of aromatic nitrogens is 2. The van der Waals surface area contributed by atoms with Crippen LogP contribution in [0.25, 0.3) is 11.0 Å². The Bertz CT molecular complexity index is 601. The second-order valence-corrected chi connectivity index (χ2v) is 5.32. The van der Waals surface area contributed by atoms with Crippen LogP contribution in [0.5, 0.6) is 0 Å². The maximum atomic E-state index is 11.2. The summed E-state index contributed by atoms with van der Waals surface area (Å²) in [6.45, 7) is 2.22. The predicted octanol–water partition coefficient (Wildman–Crippen LogP) is 3.19. The predicted molar refractivity (Wildman–Crippen MR) is 81.7 cm³/mol. The Morgan fingerprint density at radius 3 is 2.70 bits per heavy atom. The van der Waals surface area contributed by atoms with E-state index >= 15 is 0 Å². The first kappa shape index (κ1) is 14.6. The number of amides is 1. The quantitative estimate of drug-likeness (QED) is 0.787. The number of primary amides is 1. The van der Waals surface area contributed by atoms with Gasteiger partial charge in [0.1, 0.15) is 5.82 Å². The zero-order chi connectivity index (χ0) is 14.5. The maximum absolute atomic E-state index is 11.2. The van der Waals surface area contributed by atoms with Crippen LogP contribution in [0.2, 0.25) is 0 Å². The normalized spacial score (nSPS) is 11.1. The van der Waals surface area contributed by atoms with Crippen molar-refractivity contribution >= 4 is 16.9 Å². The summed E-state index contributed by atoms with van der Waals surface area (Å²) in [7, 11) is 2.03. The number of carbonyl (C=O) groups excluding carboxylic acids is 1. The molecule has 0 saturated carbocycles. The molecule has 0 aliphatic carbocycles. The number of nitrogens with two attached hydrogens (primary N) is 1. The van der Waals surface area contributed by atoms with Crippen molar-refractivity contribution in [3.63, 3.8) is 0 Å². The molecule has 0 saturated heterocycles. The lowest BCUT2D eigenvalue weighted by Crippen LogP contribution is -2.10. The number of nitrogens with zero attached hydrogens (tertiary/aromatic N) is 2. The average Bonchev–Trinajstić information content (AvgIpc) is 2.75. The highest BCUT2D eigenvalue weighted by Crippen LogP contribution is 2.18. The van der Waals surface area contributed by atoms with Gasteiger partial charge in [0.25, 0.3) is 0 Å². The van der Waals surface area contributed by atoms with Gasteiger partial charge in [-0.15, -0.1) is 0 Å². The number of hydrogen-bond acceptors (Lipinski definition) is 2. The third kappa shape index (κ3) is 3.18. The first-order valence-corrected chi connectivity index (χ1v) is 7.38. The minimum Gasteiger partial charge on any atom is -0.366 e. The van der Waals surface area contributed by atoms with Gasteiger partial charge in [-0.05, 0) is 24.6 Å². The fourth-order valence-electron chi connectivity index (χ4n) is 2.51. The molecule has 0 aliphatic heterocycles. The molecule has 0 unspecified atom stereocenters. The van der Waals surface area contributed by atoms with Crippen LogP contribution in [0.4, 0.5) is 0 Å². The van der Waals surface area contributed by atoms with Crippen LogP contribution in [0, 0.1) is 0 Å². The maximum Gasteiger partial charge on any atom is 0.248 e. The van der Waals surface area contributed by atoms with Crippen molar-refractivity contribution in [1.29, 1.82) is 0 Å². The van der Waals surface area contributed by atoms with Gasteiger partial charge >= 0.3 is 0 Å². The van der Waals surface area contributed by atoms with E-state index in [9.17, 15) is 4.79 Å². The molecule has 0 fully saturated rings. The molecule has 0 atom stereocenters. The number of fused-ring (bicyclic) bond motifs is 1. The van der Waals surface area contributed by atoms with Crippen molar-refractivity contribution in [2.75, 3.05) is 0 Å². The second kappa shape index (κ2) is 6.55. The molecule has 4 nitrogen and oxygen atoms in total. The van der Waals surface area contributed by atoms with E-state index in [0.717, 1.165) is 23.3 Å². The molecular weight excluding hydrogens is 250 g/mol. The summed E-state index contributed by atoms with van der Waals surface area (Å²) in [6.07, 6.45) is 7.28. The Kier molecular flexibility index (Phi) is 4.77. The lowest BCUT2D eigenvalue weighted by Gasteiger charge is -2.02. The van der Waals surface area contributed by atoms with Gasteiger partial charge in [-0.3, -0.25) is 4.79 Å². The van der Waals surface area contributed by atoms with Crippen molar-refractivity contribution in [1.82, 2.24) is 9.55 Å². The van der Waals surface area contributed by atoms with E-state index in [-0.39, 0.29) is 0 Å². The van der Waals surface area contributed by atoms with Crippen molar-refractivity contribution in [3.05, 3.63) is 29.6 Å². The Balaban J connectivity index is 2.10. The molecule has 0 spiro atoms. The van der Waals surface area contributed by atoms with Crippen LogP contribution >= 0.6 is 0 Å². The van der Waals surface area contributed by atoms with Gasteiger partial charge in [0.05, 0.1) is 11.0 Å². The molecule has 0 aliphatic rings. The number of rotatable bonds is 7.